The van der Waals surface area contributed by atoms with Gasteiger partial charge >= 0.3 is 35.3 Å². The number of rotatable bonds is 2. The first-order valence-corrected chi connectivity index (χ1v) is 17.0. The van der Waals surface area contributed by atoms with E-state index in [-0.39, 0.29) is 0 Å². The van der Waals surface area contributed by atoms with Gasteiger partial charge in [-0.25, -0.2) is 0 Å². The molecule has 1 N–H and O–H groups in total. The number of nitrogens with zero attached hydrogens (tertiary/aromatic N) is 1. The van der Waals surface area contributed by atoms with Gasteiger partial charge in [-0.15, -0.1) is 6.54 Å². The van der Waals surface area contributed by atoms with Crippen molar-refractivity contribution in [3.8, 4) is 0 Å². The molecule has 1 fully saturated rings. The molecule has 0 spiro atoms. The topological polar surface area (TPSA) is 36.3 Å². The standard InChI is InChI=1S/C8H21N2OSi2.2ClH.Pt/c1-12(2)7-10(6-5-9)8-13(3,4)11-12;;;/h9H,5-8H2,1-4H3;2*1H;/q-1;;;+4/p-2. The van der Waals surface area contributed by atoms with Gasteiger partial charge in [-0.05, 0) is 32.7 Å². The van der Waals surface area contributed by atoms with E-state index in [0.29, 0.717) is 6.54 Å². The zero-order valence-electron chi connectivity index (χ0n) is 10.3. The van der Waals surface area contributed by atoms with Crippen LogP contribution in [0.1, 0.15) is 0 Å². The molecule has 0 aromatic carbocycles. The van der Waals surface area contributed by atoms with E-state index in [0.717, 1.165) is 18.9 Å². The van der Waals surface area contributed by atoms with E-state index in [2.05, 4.69) is 31.1 Å². The third kappa shape index (κ3) is 7.82. The maximum absolute atomic E-state index is 7.25. The fourth-order valence-corrected chi connectivity index (χ4v) is 11.7. The Hall–Kier alpha value is 1.58. The van der Waals surface area contributed by atoms with Crippen LogP contribution in [-0.4, -0.2) is 47.0 Å². The quantitative estimate of drug-likeness (QED) is 0.566. The molecule has 100 valence electrons. The van der Waals surface area contributed by atoms with Crippen LogP contribution in [0.5, 0.6) is 0 Å². The van der Waals surface area contributed by atoms with Crippen LogP contribution >= 0.6 is 18.8 Å². The summed E-state index contributed by atoms with van der Waals surface area (Å²) in [6.45, 7) is 10.6. The minimum absolute atomic E-state index is 0.472. The van der Waals surface area contributed by atoms with Crippen molar-refractivity contribution >= 4 is 35.5 Å². The maximum atomic E-state index is 7.25. The molecule has 0 unspecified atom stereocenters. The Kier molecular flexibility index (Phi) is 8.68. The normalized spacial score (nSPS) is 23.7. The van der Waals surface area contributed by atoms with Gasteiger partial charge in [0, 0.05) is 12.3 Å². The average Bonchev–Trinajstić information content (AvgIpc) is 1.98. The van der Waals surface area contributed by atoms with Gasteiger partial charge in [0.1, 0.15) is 0 Å². The minimum atomic E-state index is -1.42. The number of halogens is 2. The summed E-state index contributed by atoms with van der Waals surface area (Å²) in [5.74, 6) is 0. The fourth-order valence-electron chi connectivity index (χ4n) is 2.26. The number of hydrogen-bond acceptors (Lipinski definition) is 2. The molecule has 0 saturated carbocycles. The Balaban J connectivity index is 0.000000673. The van der Waals surface area contributed by atoms with Crippen molar-refractivity contribution in [2.45, 2.75) is 26.2 Å². The van der Waals surface area contributed by atoms with Crippen LogP contribution in [0.15, 0.2) is 0 Å². The molecule has 16 heavy (non-hydrogen) atoms. The monoisotopic (exact) mass is 482 g/mol. The molecule has 0 aliphatic carbocycles. The van der Waals surface area contributed by atoms with Crippen molar-refractivity contribution in [1.29, 1.82) is 0 Å². The molecule has 0 bridgehead atoms. The van der Waals surface area contributed by atoms with Gasteiger partial charge < -0.3 is 14.7 Å². The summed E-state index contributed by atoms with van der Waals surface area (Å²) in [6, 6.07) is 0. The van der Waals surface area contributed by atoms with Gasteiger partial charge in [0.2, 0.25) is 0 Å². The van der Waals surface area contributed by atoms with Crippen LogP contribution in [0, 0.1) is 0 Å². The average molecular weight is 483 g/mol. The van der Waals surface area contributed by atoms with E-state index in [4.69, 9.17) is 28.7 Å². The van der Waals surface area contributed by atoms with Crippen molar-refractivity contribution in [3.05, 3.63) is 5.73 Å². The molecule has 0 aromatic rings. The second kappa shape index (κ2) is 7.90. The molecule has 3 nitrogen and oxygen atoms in total. The molecule has 0 amide bonds. The molecule has 1 saturated heterocycles. The second-order valence-electron chi connectivity index (χ2n) is 5.13. The third-order valence-corrected chi connectivity index (χ3v) is 9.03. The Bertz CT molecular complexity index is 194. The SMILES string of the molecule is C[Si]1(C)CN(CC[NH-])C[Si](C)(C)O1.[Cl][Pt+2][Cl]. The second-order valence-corrected chi connectivity index (χ2v) is 16.9. The van der Waals surface area contributed by atoms with Gasteiger partial charge in [0.25, 0.3) is 0 Å². The molecular weight excluding hydrogens is 462 g/mol. The van der Waals surface area contributed by atoms with Gasteiger partial charge in [-0.2, -0.15) is 0 Å². The molecule has 1 aliphatic rings. The Morgan fingerprint density at radius 1 is 1.19 bits per heavy atom. The Labute approximate surface area is 118 Å². The summed E-state index contributed by atoms with van der Waals surface area (Å²) in [5.41, 5.74) is 7.25. The van der Waals surface area contributed by atoms with Crippen LogP contribution < -0.4 is 0 Å². The third-order valence-electron chi connectivity index (χ3n) is 2.19. The number of nitrogens with one attached hydrogen (secondary N) is 1. The van der Waals surface area contributed by atoms with Gasteiger partial charge in [0.05, 0.1) is 0 Å². The van der Waals surface area contributed by atoms with Crippen LogP contribution in [0.2, 0.25) is 26.2 Å². The molecule has 0 radical (unpaired) electrons. The molecule has 0 aromatic heterocycles. The van der Waals surface area contributed by atoms with E-state index in [1.54, 1.807) is 0 Å². The van der Waals surface area contributed by atoms with Gasteiger partial charge in [0.15, 0.2) is 16.6 Å². The summed E-state index contributed by atoms with van der Waals surface area (Å²) in [7, 11) is 6.91. The van der Waals surface area contributed by atoms with Gasteiger partial charge in [-0.1, -0.05) is 0 Å². The molecular formula is C8H21Cl2N2OPtSi2+. The first-order valence-electron chi connectivity index (χ1n) is 5.16. The van der Waals surface area contributed by atoms with Crippen molar-refractivity contribution in [3.63, 3.8) is 0 Å². The van der Waals surface area contributed by atoms with E-state index < -0.39 is 33.1 Å². The summed E-state index contributed by atoms with van der Waals surface area (Å²) in [4.78, 5) is 2.44. The first kappa shape index (κ1) is 17.6. The zero-order chi connectivity index (χ0) is 12.8. The predicted molar refractivity (Wildman–Crippen MR) is 73.4 cm³/mol. The summed E-state index contributed by atoms with van der Waals surface area (Å²) in [6.07, 6.45) is 2.23. The summed E-state index contributed by atoms with van der Waals surface area (Å²) in [5, 5.41) is 0. The number of hydrogen-bond donors (Lipinski definition) is 0. The van der Waals surface area contributed by atoms with Crippen molar-refractivity contribution < 1.29 is 20.6 Å². The van der Waals surface area contributed by atoms with Crippen molar-refractivity contribution in [2.24, 2.45) is 0 Å². The Morgan fingerprint density at radius 3 is 1.88 bits per heavy atom. The van der Waals surface area contributed by atoms with Crippen LogP contribution in [0.25, 0.3) is 5.73 Å². The van der Waals surface area contributed by atoms with Crippen molar-refractivity contribution in [1.82, 2.24) is 4.90 Å². The fraction of sp³-hybridized carbons (Fsp3) is 1.00. The van der Waals surface area contributed by atoms with E-state index in [9.17, 15) is 0 Å². The molecule has 1 aliphatic heterocycles. The van der Waals surface area contributed by atoms with Crippen LogP contribution in [0.4, 0.5) is 0 Å². The summed E-state index contributed by atoms with van der Waals surface area (Å²) >= 11 is -0.472. The van der Waals surface area contributed by atoms with Crippen LogP contribution in [0.3, 0.4) is 0 Å². The zero-order valence-corrected chi connectivity index (χ0v) is 16.0. The van der Waals surface area contributed by atoms with E-state index >= 15 is 0 Å². The summed E-state index contributed by atoms with van der Waals surface area (Å²) < 4.78 is 6.21. The molecule has 0 atom stereocenters. The molecule has 8 heteroatoms. The Morgan fingerprint density at radius 2 is 1.56 bits per heavy atom. The van der Waals surface area contributed by atoms with Gasteiger partial charge in [-0.3, -0.25) is 0 Å². The predicted octanol–water partition coefficient (Wildman–Crippen LogP) is 3.24. The van der Waals surface area contributed by atoms with Crippen LogP contribution in [-0.2, 0) is 20.6 Å². The molecule has 1 rings (SSSR count). The van der Waals surface area contributed by atoms with E-state index in [1.165, 1.54) is 0 Å². The van der Waals surface area contributed by atoms with Crippen molar-refractivity contribution in [2.75, 3.05) is 25.4 Å². The first-order chi connectivity index (χ1) is 7.26. The molecule has 1 heterocycles. The van der Waals surface area contributed by atoms with E-state index in [1.807, 2.05) is 0 Å².